The number of aliphatic hydroxyl groups is 1. The lowest BCUT2D eigenvalue weighted by Crippen LogP contribution is -2.32. The molecule has 0 amide bonds. The van der Waals surface area contributed by atoms with Crippen LogP contribution >= 0.6 is 0 Å². The maximum absolute atomic E-state index is 9.78. The molecule has 1 saturated heterocycles. The molecular formula is C10H17NO2. The molecule has 1 heterocycles. The van der Waals surface area contributed by atoms with Gasteiger partial charge in [0.25, 0.3) is 0 Å². The molecule has 0 aromatic heterocycles. The normalized spacial score (nSPS) is 32.5. The second kappa shape index (κ2) is 4.59. The summed E-state index contributed by atoms with van der Waals surface area (Å²) in [5.74, 6) is -0.282. The van der Waals surface area contributed by atoms with Gasteiger partial charge in [0, 0.05) is 0 Å². The molecule has 74 valence electrons. The van der Waals surface area contributed by atoms with Crippen molar-refractivity contribution in [3.05, 3.63) is 0 Å². The van der Waals surface area contributed by atoms with Crippen molar-refractivity contribution in [1.82, 2.24) is 0 Å². The van der Waals surface area contributed by atoms with Crippen LogP contribution in [0, 0.1) is 17.2 Å². The third-order valence-corrected chi connectivity index (χ3v) is 2.66. The number of nitriles is 1. The molecule has 0 bridgehead atoms. The molecule has 0 aliphatic carbocycles. The minimum absolute atomic E-state index is 0.125. The van der Waals surface area contributed by atoms with Crippen molar-refractivity contribution in [2.75, 3.05) is 0 Å². The third-order valence-electron chi connectivity index (χ3n) is 2.66. The van der Waals surface area contributed by atoms with E-state index < -0.39 is 6.10 Å². The highest BCUT2D eigenvalue weighted by Gasteiger charge is 2.32. The Labute approximate surface area is 79.3 Å². The highest BCUT2D eigenvalue weighted by Crippen LogP contribution is 2.25. The van der Waals surface area contributed by atoms with Gasteiger partial charge in [0.1, 0.15) is 0 Å². The molecule has 0 spiro atoms. The predicted octanol–water partition coefficient (Wildman–Crippen LogP) is 1.46. The van der Waals surface area contributed by atoms with E-state index in [1.807, 2.05) is 13.8 Å². The van der Waals surface area contributed by atoms with Gasteiger partial charge in [-0.2, -0.15) is 5.26 Å². The van der Waals surface area contributed by atoms with Gasteiger partial charge in [-0.05, 0) is 26.2 Å². The SMILES string of the molecule is CCC(C#N)C(O)C1CCC(C)O1. The third kappa shape index (κ3) is 2.43. The van der Waals surface area contributed by atoms with Gasteiger partial charge in [0.2, 0.25) is 0 Å². The van der Waals surface area contributed by atoms with Crippen molar-refractivity contribution in [2.24, 2.45) is 5.92 Å². The largest absolute Gasteiger partial charge is 0.389 e. The summed E-state index contributed by atoms with van der Waals surface area (Å²) in [6.07, 6.45) is 2.05. The summed E-state index contributed by atoms with van der Waals surface area (Å²) in [5, 5.41) is 18.5. The fourth-order valence-corrected chi connectivity index (χ4v) is 1.75. The zero-order valence-electron chi connectivity index (χ0n) is 8.23. The lowest BCUT2D eigenvalue weighted by Gasteiger charge is -2.21. The van der Waals surface area contributed by atoms with Crippen molar-refractivity contribution in [3.63, 3.8) is 0 Å². The van der Waals surface area contributed by atoms with Gasteiger partial charge in [-0.3, -0.25) is 0 Å². The minimum Gasteiger partial charge on any atom is -0.389 e. The fourth-order valence-electron chi connectivity index (χ4n) is 1.75. The van der Waals surface area contributed by atoms with Crippen molar-refractivity contribution in [1.29, 1.82) is 5.26 Å². The monoisotopic (exact) mass is 183 g/mol. The van der Waals surface area contributed by atoms with E-state index in [0.717, 1.165) is 12.8 Å². The summed E-state index contributed by atoms with van der Waals surface area (Å²) in [4.78, 5) is 0. The van der Waals surface area contributed by atoms with Crippen LogP contribution in [0.1, 0.15) is 33.1 Å². The molecule has 13 heavy (non-hydrogen) atoms. The van der Waals surface area contributed by atoms with E-state index in [1.54, 1.807) is 0 Å². The molecule has 0 aromatic carbocycles. The maximum atomic E-state index is 9.78. The van der Waals surface area contributed by atoms with Crippen LogP contribution in [0.3, 0.4) is 0 Å². The van der Waals surface area contributed by atoms with Gasteiger partial charge >= 0.3 is 0 Å². The second-order valence-corrected chi connectivity index (χ2v) is 3.70. The minimum atomic E-state index is -0.611. The average molecular weight is 183 g/mol. The lowest BCUT2D eigenvalue weighted by atomic mass is 9.95. The average Bonchev–Trinajstić information content (AvgIpc) is 2.54. The smallest absolute Gasteiger partial charge is 0.0959 e. The van der Waals surface area contributed by atoms with Gasteiger partial charge in [0.15, 0.2) is 0 Å². The number of hydrogen-bond donors (Lipinski definition) is 1. The number of hydrogen-bond acceptors (Lipinski definition) is 3. The summed E-state index contributed by atoms with van der Waals surface area (Å²) < 4.78 is 5.51. The summed E-state index contributed by atoms with van der Waals surface area (Å²) in [7, 11) is 0. The van der Waals surface area contributed by atoms with Crippen LogP contribution in [0.15, 0.2) is 0 Å². The Kier molecular flexibility index (Phi) is 3.71. The summed E-state index contributed by atoms with van der Waals surface area (Å²) in [6, 6.07) is 2.11. The topological polar surface area (TPSA) is 53.2 Å². The molecule has 1 N–H and O–H groups in total. The van der Waals surface area contributed by atoms with E-state index in [1.165, 1.54) is 0 Å². The van der Waals surface area contributed by atoms with Gasteiger partial charge in [-0.15, -0.1) is 0 Å². The molecule has 0 saturated carbocycles. The molecule has 1 rings (SSSR count). The Morgan fingerprint density at radius 3 is 2.69 bits per heavy atom. The predicted molar refractivity (Wildman–Crippen MR) is 49.0 cm³/mol. The molecule has 3 heteroatoms. The van der Waals surface area contributed by atoms with Crippen LogP contribution in [0.25, 0.3) is 0 Å². The molecule has 3 nitrogen and oxygen atoms in total. The van der Waals surface area contributed by atoms with Crippen LogP contribution in [-0.2, 0) is 4.74 Å². The first-order valence-electron chi connectivity index (χ1n) is 4.92. The number of aliphatic hydroxyl groups excluding tert-OH is 1. The molecule has 0 radical (unpaired) electrons. The standard InChI is InChI=1S/C10H17NO2/c1-3-8(6-11)10(12)9-5-4-7(2)13-9/h7-10,12H,3-5H2,1-2H3. The Balaban J connectivity index is 2.47. The van der Waals surface area contributed by atoms with Gasteiger partial charge in [0.05, 0.1) is 30.3 Å². The first kappa shape index (κ1) is 10.5. The van der Waals surface area contributed by atoms with E-state index in [4.69, 9.17) is 10.00 Å². The Bertz CT molecular complexity index is 200. The van der Waals surface area contributed by atoms with Crippen LogP contribution in [-0.4, -0.2) is 23.4 Å². The molecule has 1 fully saturated rings. The quantitative estimate of drug-likeness (QED) is 0.720. The van der Waals surface area contributed by atoms with E-state index in [9.17, 15) is 5.11 Å². The summed E-state index contributed by atoms with van der Waals surface area (Å²) in [5.41, 5.74) is 0. The Morgan fingerprint density at radius 1 is 1.62 bits per heavy atom. The zero-order chi connectivity index (χ0) is 9.84. The van der Waals surface area contributed by atoms with E-state index in [0.29, 0.717) is 6.42 Å². The van der Waals surface area contributed by atoms with E-state index >= 15 is 0 Å². The molecular weight excluding hydrogens is 166 g/mol. The Hall–Kier alpha value is -0.590. The van der Waals surface area contributed by atoms with E-state index in [-0.39, 0.29) is 18.1 Å². The molecule has 1 aliphatic rings. The van der Waals surface area contributed by atoms with Crippen LogP contribution < -0.4 is 0 Å². The lowest BCUT2D eigenvalue weighted by molar-refractivity contribution is -0.0442. The number of ether oxygens (including phenoxy) is 1. The first-order chi connectivity index (χ1) is 6.19. The van der Waals surface area contributed by atoms with Crippen LogP contribution in [0.2, 0.25) is 0 Å². The summed E-state index contributed by atoms with van der Waals surface area (Å²) in [6.45, 7) is 3.91. The van der Waals surface area contributed by atoms with Crippen LogP contribution in [0.4, 0.5) is 0 Å². The summed E-state index contributed by atoms with van der Waals surface area (Å²) >= 11 is 0. The van der Waals surface area contributed by atoms with Gasteiger partial charge < -0.3 is 9.84 Å². The Morgan fingerprint density at radius 2 is 2.31 bits per heavy atom. The highest BCUT2D eigenvalue weighted by atomic mass is 16.5. The second-order valence-electron chi connectivity index (χ2n) is 3.70. The number of nitrogens with zero attached hydrogens (tertiary/aromatic N) is 1. The highest BCUT2D eigenvalue weighted by molar-refractivity contribution is 4.92. The fraction of sp³-hybridized carbons (Fsp3) is 0.900. The number of rotatable bonds is 3. The van der Waals surface area contributed by atoms with Crippen molar-refractivity contribution in [2.45, 2.75) is 51.4 Å². The molecule has 1 aliphatic heterocycles. The van der Waals surface area contributed by atoms with E-state index in [2.05, 4.69) is 6.07 Å². The van der Waals surface area contributed by atoms with Gasteiger partial charge in [-0.25, -0.2) is 0 Å². The van der Waals surface area contributed by atoms with Crippen molar-refractivity contribution >= 4 is 0 Å². The van der Waals surface area contributed by atoms with Crippen molar-refractivity contribution < 1.29 is 9.84 Å². The maximum Gasteiger partial charge on any atom is 0.0959 e. The first-order valence-corrected chi connectivity index (χ1v) is 4.92. The molecule has 4 atom stereocenters. The van der Waals surface area contributed by atoms with Crippen molar-refractivity contribution in [3.8, 4) is 6.07 Å². The molecule has 4 unspecified atom stereocenters. The van der Waals surface area contributed by atoms with Crippen LogP contribution in [0.5, 0.6) is 0 Å². The van der Waals surface area contributed by atoms with Gasteiger partial charge in [-0.1, -0.05) is 6.92 Å². The zero-order valence-corrected chi connectivity index (χ0v) is 8.23. The molecule has 0 aromatic rings.